The molecule has 2 saturated heterocycles. The zero-order valence-corrected chi connectivity index (χ0v) is 32.9. The van der Waals surface area contributed by atoms with Crippen molar-refractivity contribution in [1.82, 2.24) is 0 Å². The maximum absolute atomic E-state index is 13.9. The third kappa shape index (κ3) is 5.56. The molecule has 6 fully saturated rings. The van der Waals surface area contributed by atoms with Gasteiger partial charge in [0.1, 0.15) is 36.6 Å². The van der Waals surface area contributed by atoms with E-state index in [0.717, 1.165) is 24.8 Å². The summed E-state index contributed by atoms with van der Waals surface area (Å²) in [6.07, 6.45) is -4.25. The topological polar surface area (TPSA) is 213 Å². The number of allylic oxidation sites excluding steroid dienone is 1. The molecule has 54 heavy (non-hydrogen) atoms. The zero-order chi connectivity index (χ0) is 39.5. The van der Waals surface area contributed by atoms with Crippen LogP contribution in [0.1, 0.15) is 106 Å². The smallest absolute Gasteiger partial charge is 0.314 e. The van der Waals surface area contributed by atoms with Crippen molar-refractivity contribution in [2.24, 2.45) is 56.7 Å². The largest absolute Gasteiger partial charge is 0.481 e. The number of carboxylic acid groups (broad SMARTS) is 2. The summed E-state index contributed by atoms with van der Waals surface area (Å²) in [6, 6.07) is 0. The molecule has 306 valence electrons. The van der Waals surface area contributed by atoms with Crippen molar-refractivity contribution in [3.05, 3.63) is 11.6 Å². The second-order valence-corrected chi connectivity index (χ2v) is 19.5. The summed E-state index contributed by atoms with van der Waals surface area (Å²) in [7, 11) is 0. The molecule has 19 unspecified atom stereocenters. The van der Waals surface area contributed by atoms with Gasteiger partial charge in [0.15, 0.2) is 12.6 Å². The first-order valence-electron chi connectivity index (χ1n) is 20.3. The minimum absolute atomic E-state index is 0.0470. The van der Waals surface area contributed by atoms with Gasteiger partial charge in [-0.25, -0.2) is 0 Å². The second-order valence-electron chi connectivity index (χ2n) is 19.5. The summed E-state index contributed by atoms with van der Waals surface area (Å²) in [6.45, 7) is 14.6. The van der Waals surface area contributed by atoms with Crippen molar-refractivity contribution in [3.8, 4) is 0 Å². The molecule has 7 rings (SSSR count). The van der Waals surface area contributed by atoms with Crippen LogP contribution in [0, 0.1) is 56.7 Å². The third-order valence-electron chi connectivity index (χ3n) is 17.0. The number of hydrogen-bond acceptors (Lipinski definition) is 11. The van der Waals surface area contributed by atoms with Crippen molar-refractivity contribution < 1.29 is 64.3 Å². The quantitative estimate of drug-likeness (QED) is 0.153. The van der Waals surface area contributed by atoms with E-state index < -0.39 is 88.9 Å². The molecule has 0 bridgehead atoms. The Balaban J connectivity index is 1.12. The lowest BCUT2D eigenvalue weighted by Gasteiger charge is -2.70. The van der Waals surface area contributed by atoms with E-state index in [-0.39, 0.29) is 41.8 Å². The van der Waals surface area contributed by atoms with E-state index in [1.54, 1.807) is 6.92 Å². The number of aliphatic carboxylic acids is 2. The highest BCUT2D eigenvalue weighted by Gasteiger charge is 2.73. The first-order valence-corrected chi connectivity index (χ1v) is 20.3. The van der Waals surface area contributed by atoms with Crippen LogP contribution in [0.2, 0.25) is 0 Å². The van der Waals surface area contributed by atoms with Gasteiger partial charge in [-0.1, -0.05) is 53.2 Å². The molecule has 7 N–H and O–H groups in total. The monoisotopic (exact) mass is 764 g/mol. The molecule has 13 nitrogen and oxygen atoms in total. The summed E-state index contributed by atoms with van der Waals surface area (Å²) < 4.78 is 23.9. The first-order chi connectivity index (χ1) is 25.2. The fourth-order valence-electron chi connectivity index (χ4n) is 13.7. The summed E-state index contributed by atoms with van der Waals surface area (Å²) >= 11 is 0. The number of rotatable bonds is 6. The fraction of sp³-hybridized carbons (Fsp3) is 0.902. The van der Waals surface area contributed by atoms with Crippen LogP contribution in [0.25, 0.3) is 0 Å². The Hall–Kier alpha value is -1.68. The Morgan fingerprint density at radius 2 is 1.44 bits per heavy atom. The molecule has 13 heteroatoms. The predicted molar refractivity (Wildman–Crippen MR) is 192 cm³/mol. The molecule has 2 heterocycles. The molecule has 2 aliphatic heterocycles. The summed E-state index contributed by atoms with van der Waals surface area (Å²) in [5.74, 6) is -1.36. The summed E-state index contributed by atoms with van der Waals surface area (Å²) in [4.78, 5) is 27.0. The minimum Gasteiger partial charge on any atom is -0.481 e. The van der Waals surface area contributed by atoms with E-state index in [1.807, 2.05) is 0 Å². The molecule has 0 aromatic heterocycles. The first kappa shape index (κ1) is 40.5. The van der Waals surface area contributed by atoms with Gasteiger partial charge in [-0.2, -0.15) is 0 Å². The molecule has 4 saturated carbocycles. The maximum Gasteiger partial charge on any atom is 0.314 e. The molecule has 0 amide bonds. The van der Waals surface area contributed by atoms with Gasteiger partial charge in [0.25, 0.3) is 0 Å². The van der Waals surface area contributed by atoms with Crippen LogP contribution in [0.4, 0.5) is 0 Å². The Morgan fingerprint density at radius 1 is 0.759 bits per heavy atom. The van der Waals surface area contributed by atoms with Gasteiger partial charge < -0.3 is 54.7 Å². The molecule has 0 spiro atoms. The number of carbonyl (C=O) groups is 2. The van der Waals surface area contributed by atoms with Gasteiger partial charge in [-0.3, -0.25) is 9.59 Å². The Kier molecular flexibility index (Phi) is 10.3. The average molecular weight is 765 g/mol. The second kappa shape index (κ2) is 13.7. The van der Waals surface area contributed by atoms with Crippen LogP contribution in [0.5, 0.6) is 0 Å². The van der Waals surface area contributed by atoms with E-state index in [1.165, 1.54) is 0 Å². The van der Waals surface area contributed by atoms with Crippen molar-refractivity contribution >= 4 is 11.9 Å². The number of ether oxygens (including phenoxy) is 4. The Labute approximate surface area is 318 Å². The van der Waals surface area contributed by atoms with Gasteiger partial charge in [0.05, 0.1) is 29.6 Å². The number of hydrogen-bond donors (Lipinski definition) is 7. The molecular weight excluding hydrogens is 700 g/mol. The van der Waals surface area contributed by atoms with Crippen LogP contribution >= 0.6 is 0 Å². The van der Waals surface area contributed by atoms with Crippen molar-refractivity contribution in [3.63, 3.8) is 0 Å². The number of aliphatic hydroxyl groups excluding tert-OH is 5. The van der Waals surface area contributed by atoms with E-state index in [2.05, 4.69) is 47.6 Å². The zero-order valence-electron chi connectivity index (χ0n) is 32.9. The van der Waals surface area contributed by atoms with E-state index in [0.29, 0.717) is 44.4 Å². The SMILES string of the molecule is CC1CCC2(C(=O)O)CCC3(C(=O)O)C(=CCC4C5(C)CCC(OC6OC(C)C(OC7OCC(O)C(O)C7O)C(O)C6O)C(C)(C)C5CCC43C)C2C1C. The average Bonchev–Trinajstić information content (AvgIpc) is 3.10. The van der Waals surface area contributed by atoms with E-state index in [9.17, 15) is 45.3 Å². The molecule has 19 atom stereocenters. The van der Waals surface area contributed by atoms with E-state index >= 15 is 0 Å². The van der Waals surface area contributed by atoms with Crippen molar-refractivity contribution in [2.75, 3.05) is 6.61 Å². The fourth-order valence-corrected chi connectivity index (χ4v) is 13.7. The number of aliphatic hydroxyl groups is 5. The molecule has 0 aromatic carbocycles. The van der Waals surface area contributed by atoms with Crippen LogP contribution in [-0.4, -0.2) is 116 Å². The highest BCUT2D eigenvalue weighted by atomic mass is 16.7. The molecule has 0 radical (unpaired) electrons. The van der Waals surface area contributed by atoms with Crippen molar-refractivity contribution in [1.29, 1.82) is 0 Å². The Bertz CT molecular complexity index is 1500. The lowest BCUT2D eigenvalue weighted by molar-refractivity contribution is -0.356. The van der Waals surface area contributed by atoms with Crippen LogP contribution in [0.15, 0.2) is 11.6 Å². The van der Waals surface area contributed by atoms with Gasteiger partial charge in [-0.05, 0) is 111 Å². The predicted octanol–water partition coefficient (Wildman–Crippen LogP) is 3.47. The highest BCUT2D eigenvalue weighted by molar-refractivity contribution is 5.84. The number of fused-ring (bicyclic) bond motifs is 7. The lowest BCUT2D eigenvalue weighted by Crippen LogP contribution is -2.68. The van der Waals surface area contributed by atoms with E-state index in [4.69, 9.17) is 18.9 Å². The van der Waals surface area contributed by atoms with Gasteiger partial charge >= 0.3 is 11.9 Å². The molecule has 5 aliphatic carbocycles. The molecule has 0 aromatic rings. The minimum atomic E-state index is -1.57. The van der Waals surface area contributed by atoms with Gasteiger partial charge in [0, 0.05) is 0 Å². The third-order valence-corrected chi connectivity index (χ3v) is 17.0. The highest BCUT2D eigenvalue weighted by Crippen LogP contribution is 2.76. The number of carboxylic acids is 2. The Morgan fingerprint density at radius 3 is 2.11 bits per heavy atom. The van der Waals surface area contributed by atoms with Gasteiger partial charge in [0.2, 0.25) is 0 Å². The van der Waals surface area contributed by atoms with Crippen LogP contribution in [-0.2, 0) is 28.5 Å². The van der Waals surface area contributed by atoms with Crippen LogP contribution in [0.3, 0.4) is 0 Å². The van der Waals surface area contributed by atoms with Crippen LogP contribution < -0.4 is 0 Å². The maximum atomic E-state index is 13.9. The molecular formula is C41H64O13. The summed E-state index contributed by atoms with van der Waals surface area (Å²) in [5, 5.41) is 74.9. The molecule has 7 aliphatic rings. The van der Waals surface area contributed by atoms with Gasteiger partial charge in [-0.15, -0.1) is 0 Å². The van der Waals surface area contributed by atoms with Crippen molar-refractivity contribution in [2.45, 2.75) is 168 Å². The normalized spacial score (nSPS) is 54.2. The standard InChI is InChI=1S/C41H64O13/c1-19-10-15-40(35(47)48)16-17-41(36(49)50)22(27(40)20(19)2)8-9-25-38(6)13-12-26(37(4,5)24(38)11-14-39(25,41)7)53-34-31(46)29(44)32(21(3)52-34)54-33-30(45)28(43)23(42)18-51-33/h8,19-21,23-34,42-46H,9-18H2,1-7H3,(H,47,48)(H,49,50). The summed E-state index contributed by atoms with van der Waals surface area (Å²) in [5.41, 5.74) is -2.45. The lowest BCUT2D eigenvalue weighted by atomic mass is 9.33.